The minimum atomic E-state index is -0.356. The summed E-state index contributed by atoms with van der Waals surface area (Å²) in [6, 6.07) is 17.8. The molecule has 0 aliphatic rings. The zero-order valence-electron chi connectivity index (χ0n) is 14.3. The van der Waals surface area contributed by atoms with Gasteiger partial charge in [-0.05, 0) is 35.6 Å². The second-order valence-corrected chi connectivity index (χ2v) is 6.16. The van der Waals surface area contributed by atoms with Crippen LogP contribution in [0.1, 0.15) is 42.0 Å². The van der Waals surface area contributed by atoms with Crippen LogP contribution >= 0.6 is 0 Å². The zero-order chi connectivity index (χ0) is 17.5. The Morgan fingerprint density at radius 3 is 2.29 bits per heavy atom. The van der Waals surface area contributed by atoms with Gasteiger partial charge in [0.05, 0.1) is 0 Å². The van der Waals surface area contributed by atoms with Crippen molar-refractivity contribution in [1.82, 2.24) is 5.32 Å². The van der Waals surface area contributed by atoms with Crippen LogP contribution in [0, 0.1) is 18.3 Å². The third kappa shape index (κ3) is 4.82. The second-order valence-electron chi connectivity index (χ2n) is 6.16. The molecule has 3 nitrogen and oxygen atoms in total. The Morgan fingerprint density at radius 2 is 1.75 bits per heavy atom. The molecule has 0 bridgehead atoms. The maximum Gasteiger partial charge on any atom is 0.262 e. The van der Waals surface area contributed by atoms with Gasteiger partial charge in [0.2, 0.25) is 0 Å². The number of benzene rings is 2. The Morgan fingerprint density at radius 1 is 1.12 bits per heavy atom. The molecule has 1 amide bonds. The van der Waals surface area contributed by atoms with Crippen molar-refractivity contribution < 1.29 is 4.79 Å². The molecular formula is C21H22N2O. The highest BCUT2D eigenvalue weighted by Crippen LogP contribution is 2.16. The van der Waals surface area contributed by atoms with Gasteiger partial charge in [-0.1, -0.05) is 67.9 Å². The Kier molecular flexibility index (Phi) is 5.92. The van der Waals surface area contributed by atoms with E-state index in [2.05, 4.69) is 19.2 Å². The largest absolute Gasteiger partial charge is 0.347 e. The van der Waals surface area contributed by atoms with Crippen molar-refractivity contribution in [2.24, 2.45) is 0 Å². The summed E-state index contributed by atoms with van der Waals surface area (Å²) >= 11 is 0. The number of amides is 1. The number of carbonyl (C=O) groups excluding carboxylic acids is 1. The molecule has 0 spiro atoms. The first-order valence-corrected chi connectivity index (χ1v) is 8.05. The highest BCUT2D eigenvalue weighted by atomic mass is 16.1. The van der Waals surface area contributed by atoms with Crippen molar-refractivity contribution in [3.8, 4) is 6.07 Å². The summed E-state index contributed by atoms with van der Waals surface area (Å²) in [5.41, 5.74) is 4.37. The highest BCUT2D eigenvalue weighted by molar-refractivity contribution is 6.01. The Hall–Kier alpha value is -2.86. The first-order chi connectivity index (χ1) is 11.5. The topological polar surface area (TPSA) is 52.9 Å². The minimum absolute atomic E-state index is 0.111. The third-order valence-electron chi connectivity index (χ3n) is 3.85. The average Bonchev–Trinajstić information content (AvgIpc) is 2.59. The number of nitrogens with zero attached hydrogens (tertiary/aromatic N) is 1. The molecule has 0 heterocycles. The lowest BCUT2D eigenvalue weighted by Crippen LogP contribution is -2.23. The van der Waals surface area contributed by atoms with E-state index in [9.17, 15) is 10.1 Å². The van der Waals surface area contributed by atoms with Crippen molar-refractivity contribution in [3.63, 3.8) is 0 Å². The van der Waals surface area contributed by atoms with E-state index >= 15 is 0 Å². The molecule has 0 radical (unpaired) electrons. The predicted molar refractivity (Wildman–Crippen MR) is 97.1 cm³/mol. The Balaban J connectivity index is 2.05. The van der Waals surface area contributed by atoms with E-state index in [-0.39, 0.29) is 11.5 Å². The van der Waals surface area contributed by atoms with Gasteiger partial charge in [0.1, 0.15) is 11.6 Å². The zero-order valence-corrected chi connectivity index (χ0v) is 14.3. The molecule has 0 saturated carbocycles. The summed E-state index contributed by atoms with van der Waals surface area (Å²) in [6.07, 6.45) is 1.62. The van der Waals surface area contributed by atoms with Crippen LogP contribution < -0.4 is 5.32 Å². The number of aryl methyl sites for hydroxylation is 1. The SMILES string of the molecule is Cc1ccc(CNC(=O)C(C#N)=Cc2ccc(C(C)C)cc2)cc1. The lowest BCUT2D eigenvalue weighted by molar-refractivity contribution is -0.117. The van der Waals surface area contributed by atoms with Gasteiger partial charge < -0.3 is 5.32 Å². The van der Waals surface area contributed by atoms with Gasteiger partial charge in [0, 0.05) is 6.54 Å². The van der Waals surface area contributed by atoms with E-state index in [1.54, 1.807) is 6.08 Å². The third-order valence-corrected chi connectivity index (χ3v) is 3.85. The average molecular weight is 318 g/mol. The molecule has 0 saturated heterocycles. The molecule has 0 atom stereocenters. The van der Waals surface area contributed by atoms with E-state index in [0.717, 1.165) is 11.1 Å². The molecule has 0 fully saturated rings. The Bertz CT molecular complexity index is 763. The number of carbonyl (C=O) groups is 1. The van der Waals surface area contributed by atoms with Crippen LogP contribution in [-0.4, -0.2) is 5.91 Å². The highest BCUT2D eigenvalue weighted by Gasteiger charge is 2.09. The quantitative estimate of drug-likeness (QED) is 0.658. The molecule has 0 aliphatic heterocycles. The summed E-state index contributed by atoms with van der Waals surface area (Å²) in [5.74, 6) is 0.0993. The smallest absolute Gasteiger partial charge is 0.262 e. The lowest BCUT2D eigenvalue weighted by atomic mass is 10.0. The first kappa shape index (κ1) is 17.5. The Labute approximate surface area is 143 Å². The fourth-order valence-electron chi connectivity index (χ4n) is 2.28. The van der Waals surface area contributed by atoms with Gasteiger partial charge in [-0.15, -0.1) is 0 Å². The number of rotatable bonds is 5. The fourth-order valence-corrected chi connectivity index (χ4v) is 2.28. The second kappa shape index (κ2) is 8.12. The first-order valence-electron chi connectivity index (χ1n) is 8.05. The van der Waals surface area contributed by atoms with Crippen molar-refractivity contribution >= 4 is 12.0 Å². The minimum Gasteiger partial charge on any atom is -0.347 e. The summed E-state index contributed by atoms with van der Waals surface area (Å²) in [6.45, 7) is 6.68. The van der Waals surface area contributed by atoms with Gasteiger partial charge >= 0.3 is 0 Å². The van der Waals surface area contributed by atoms with Crippen LogP contribution in [-0.2, 0) is 11.3 Å². The van der Waals surface area contributed by atoms with Gasteiger partial charge in [-0.25, -0.2) is 0 Å². The molecule has 3 heteroatoms. The lowest BCUT2D eigenvalue weighted by Gasteiger charge is -2.06. The molecule has 2 rings (SSSR count). The van der Waals surface area contributed by atoms with Crippen molar-refractivity contribution in [1.29, 1.82) is 5.26 Å². The molecule has 1 N–H and O–H groups in total. The normalized spacial score (nSPS) is 11.2. The van der Waals surface area contributed by atoms with Crippen LogP contribution in [0.5, 0.6) is 0 Å². The van der Waals surface area contributed by atoms with Crippen molar-refractivity contribution in [2.45, 2.75) is 33.2 Å². The van der Waals surface area contributed by atoms with Gasteiger partial charge in [-0.3, -0.25) is 4.79 Å². The van der Waals surface area contributed by atoms with Gasteiger partial charge in [-0.2, -0.15) is 5.26 Å². The van der Waals surface area contributed by atoms with Crippen LogP contribution in [0.2, 0.25) is 0 Å². The van der Waals surface area contributed by atoms with E-state index in [1.165, 1.54) is 11.1 Å². The number of hydrogen-bond acceptors (Lipinski definition) is 2. The fraction of sp³-hybridized carbons (Fsp3) is 0.238. The summed E-state index contributed by atoms with van der Waals surface area (Å²) in [4.78, 5) is 12.2. The van der Waals surface area contributed by atoms with E-state index in [4.69, 9.17) is 0 Å². The summed E-state index contributed by atoms with van der Waals surface area (Å²) in [7, 11) is 0. The van der Waals surface area contributed by atoms with E-state index in [1.807, 2.05) is 61.5 Å². The molecular weight excluding hydrogens is 296 g/mol. The predicted octanol–water partition coefficient (Wildman–Crippen LogP) is 4.34. The number of nitriles is 1. The standard InChI is InChI=1S/C21H22N2O/c1-15(2)19-10-8-17(9-11-19)12-20(13-22)21(24)23-14-18-6-4-16(3)5-7-18/h4-12,15H,14H2,1-3H3,(H,23,24). The number of nitrogens with one attached hydrogen (secondary N) is 1. The van der Waals surface area contributed by atoms with E-state index in [0.29, 0.717) is 12.5 Å². The molecule has 2 aromatic rings. The van der Waals surface area contributed by atoms with E-state index < -0.39 is 0 Å². The van der Waals surface area contributed by atoms with Gasteiger partial charge in [0.25, 0.3) is 5.91 Å². The molecule has 24 heavy (non-hydrogen) atoms. The monoisotopic (exact) mass is 318 g/mol. The van der Waals surface area contributed by atoms with Crippen LogP contribution in [0.3, 0.4) is 0 Å². The molecule has 0 aromatic heterocycles. The molecule has 122 valence electrons. The molecule has 0 unspecified atom stereocenters. The van der Waals surface area contributed by atoms with Crippen LogP contribution in [0.4, 0.5) is 0 Å². The summed E-state index contributed by atoms with van der Waals surface area (Å²) in [5, 5.41) is 12.0. The maximum absolute atomic E-state index is 12.2. The van der Waals surface area contributed by atoms with Gasteiger partial charge in [0.15, 0.2) is 0 Å². The van der Waals surface area contributed by atoms with Crippen molar-refractivity contribution in [3.05, 3.63) is 76.4 Å². The maximum atomic E-state index is 12.2. The van der Waals surface area contributed by atoms with Crippen LogP contribution in [0.25, 0.3) is 6.08 Å². The van der Waals surface area contributed by atoms with Crippen LogP contribution in [0.15, 0.2) is 54.1 Å². The van der Waals surface area contributed by atoms with Crippen molar-refractivity contribution in [2.75, 3.05) is 0 Å². The molecule has 2 aromatic carbocycles. The summed E-state index contributed by atoms with van der Waals surface area (Å²) < 4.78 is 0. The number of hydrogen-bond donors (Lipinski definition) is 1. The molecule has 0 aliphatic carbocycles.